The van der Waals surface area contributed by atoms with Gasteiger partial charge < -0.3 is 14.7 Å². The molecule has 2 heterocycles. The van der Waals surface area contributed by atoms with Crippen LogP contribution in [0.3, 0.4) is 0 Å². The van der Waals surface area contributed by atoms with Crippen molar-refractivity contribution in [2.75, 3.05) is 18.1 Å². The molecule has 2 aromatic rings. The molecule has 1 amide bonds. The number of hydrogen-bond acceptors (Lipinski definition) is 6. The predicted octanol–water partition coefficient (Wildman–Crippen LogP) is 3.82. The standard InChI is InChI=1S/C26H29NO6S/c1-4-33-21-7-5-6-19(14-21)24(28)22-23(18-10-8-17(9-11-18)16(2)3)27(26(30)25(22)29)20-12-13-34(31,32)15-20/h5-11,14,16,20,23,28H,4,12-13,15H2,1-3H3/t20-,23-/m1/s1. The Morgan fingerprint density at radius 1 is 1.15 bits per heavy atom. The van der Waals surface area contributed by atoms with E-state index in [9.17, 15) is 23.1 Å². The van der Waals surface area contributed by atoms with E-state index in [4.69, 9.17) is 4.74 Å². The first-order valence-corrected chi connectivity index (χ1v) is 13.3. The minimum Gasteiger partial charge on any atom is -0.507 e. The van der Waals surface area contributed by atoms with Crippen LogP contribution in [-0.4, -0.2) is 54.3 Å². The zero-order chi connectivity index (χ0) is 24.6. The highest BCUT2D eigenvalue weighted by Gasteiger charge is 2.50. The molecule has 7 nitrogen and oxygen atoms in total. The van der Waals surface area contributed by atoms with E-state index in [-0.39, 0.29) is 29.3 Å². The summed E-state index contributed by atoms with van der Waals surface area (Å²) in [5, 5.41) is 11.2. The molecule has 0 unspecified atom stereocenters. The van der Waals surface area contributed by atoms with Gasteiger partial charge in [-0.1, -0.05) is 50.2 Å². The number of ether oxygens (including phenoxy) is 1. The lowest BCUT2D eigenvalue weighted by Gasteiger charge is -2.30. The van der Waals surface area contributed by atoms with Crippen molar-refractivity contribution in [1.82, 2.24) is 4.90 Å². The molecule has 1 N–H and O–H groups in total. The quantitative estimate of drug-likeness (QED) is 0.381. The number of hydrogen-bond donors (Lipinski definition) is 1. The van der Waals surface area contributed by atoms with E-state index >= 15 is 0 Å². The van der Waals surface area contributed by atoms with Crippen molar-refractivity contribution < 1.29 is 27.9 Å². The maximum Gasteiger partial charge on any atom is 0.295 e. The molecule has 0 bridgehead atoms. The van der Waals surface area contributed by atoms with Gasteiger partial charge in [-0.05, 0) is 42.5 Å². The first kappa shape index (κ1) is 24.0. The molecule has 2 fully saturated rings. The number of carbonyl (C=O) groups is 2. The summed E-state index contributed by atoms with van der Waals surface area (Å²) in [4.78, 5) is 27.8. The Hall–Kier alpha value is -3.13. The first-order chi connectivity index (χ1) is 16.1. The van der Waals surface area contributed by atoms with E-state index in [1.807, 2.05) is 31.2 Å². The number of carbonyl (C=O) groups excluding carboxylic acids is 2. The smallest absolute Gasteiger partial charge is 0.295 e. The number of nitrogens with zero attached hydrogens (tertiary/aromatic N) is 1. The zero-order valence-electron chi connectivity index (χ0n) is 19.5. The van der Waals surface area contributed by atoms with E-state index in [0.717, 1.165) is 5.56 Å². The van der Waals surface area contributed by atoms with Gasteiger partial charge in [0.15, 0.2) is 9.84 Å². The third kappa shape index (κ3) is 4.46. The Morgan fingerprint density at radius 2 is 1.85 bits per heavy atom. The predicted molar refractivity (Wildman–Crippen MR) is 129 cm³/mol. The lowest BCUT2D eigenvalue weighted by molar-refractivity contribution is -0.141. The average molecular weight is 484 g/mol. The normalized spacial score (nSPS) is 23.6. The van der Waals surface area contributed by atoms with Gasteiger partial charge in [-0.15, -0.1) is 0 Å². The third-order valence-corrected chi connectivity index (χ3v) is 8.17. The molecule has 180 valence electrons. The maximum absolute atomic E-state index is 13.2. The van der Waals surface area contributed by atoms with Gasteiger partial charge in [-0.3, -0.25) is 9.59 Å². The van der Waals surface area contributed by atoms with Gasteiger partial charge in [0, 0.05) is 11.6 Å². The monoisotopic (exact) mass is 483 g/mol. The minimum atomic E-state index is -3.30. The lowest BCUT2D eigenvalue weighted by Crippen LogP contribution is -2.40. The van der Waals surface area contributed by atoms with Crippen molar-refractivity contribution in [3.8, 4) is 5.75 Å². The molecule has 8 heteroatoms. The summed E-state index contributed by atoms with van der Waals surface area (Å²) < 4.78 is 29.9. The molecule has 4 rings (SSSR count). The van der Waals surface area contributed by atoms with Gasteiger partial charge in [0.25, 0.3) is 11.7 Å². The van der Waals surface area contributed by atoms with Crippen molar-refractivity contribution in [2.24, 2.45) is 0 Å². The van der Waals surface area contributed by atoms with Gasteiger partial charge in [0.1, 0.15) is 11.5 Å². The summed E-state index contributed by atoms with van der Waals surface area (Å²) in [6, 6.07) is 12.7. The zero-order valence-corrected chi connectivity index (χ0v) is 20.3. The Bertz CT molecular complexity index is 1250. The molecule has 34 heavy (non-hydrogen) atoms. The van der Waals surface area contributed by atoms with Crippen LogP contribution in [0.5, 0.6) is 5.75 Å². The molecule has 0 saturated carbocycles. The molecule has 0 aromatic heterocycles. The third-order valence-electron chi connectivity index (χ3n) is 6.42. The van der Waals surface area contributed by atoms with Crippen LogP contribution in [0.1, 0.15) is 55.8 Å². The van der Waals surface area contributed by atoms with Crippen LogP contribution >= 0.6 is 0 Å². The number of benzene rings is 2. The van der Waals surface area contributed by atoms with Crippen LogP contribution in [0.15, 0.2) is 54.1 Å². The Kier molecular flexibility index (Phi) is 6.53. The van der Waals surface area contributed by atoms with Crippen LogP contribution in [-0.2, 0) is 19.4 Å². The summed E-state index contributed by atoms with van der Waals surface area (Å²) in [5.74, 6) is -1.32. The largest absolute Gasteiger partial charge is 0.507 e. The SMILES string of the molecule is CCOc1cccc(C(O)=C2C(=O)C(=O)N([C@@H]3CCS(=O)(=O)C3)[C@@H]2c2ccc(C(C)C)cc2)c1. The molecule has 0 spiro atoms. The molecule has 2 aliphatic rings. The Labute approximate surface area is 200 Å². The highest BCUT2D eigenvalue weighted by atomic mass is 32.2. The van der Waals surface area contributed by atoms with E-state index in [1.54, 1.807) is 24.3 Å². The van der Waals surface area contributed by atoms with Crippen molar-refractivity contribution in [3.63, 3.8) is 0 Å². The summed E-state index contributed by atoms with van der Waals surface area (Å²) in [6.45, 7) is 6.41. The van der Waals surface area contributed by atoms with Crippen molar-refractivity contribution >= 4 is 27.3 Å². The molecule has 2 atom stereocenters. The van der Waals surface area contributed by atoms with E-state index < -0.39 is 33.6 Å². The van der Waals surface area contributed by atoms with Crippen LogP contribution < -0.4 is 4.74 Å². The van der Waals surface area contributed by atoms with Crippen LogP contribution in [0.4, 0.5) is 0 Å². The molecule has 2 aliphatic heterocycles. The minimum absolute atomic E-state index is 0.0317. The second-order valence-electron chi connectivity index (χ2n) is 9.05. The summed E-state index contributed by atoms with van der Waals surface area (Å²) in [5.41, 5.74) is 2.05. The average Bonchev–Trinajstić information content (AvgIpc) is 3.29. The number of rotatable bonds is 6. The Balaban J connectivity index is 1.86. The number of amides is 1. The van der Waals surface area contributed by atoms with Crippen molar-refractivity contribution in [1.29, 1.82) is 0 Å². The second kappa shape index (κ2) is 9.25. The fourth-order valence-electron chi connectivity index (χ4n) is 4.67. The maximum atomic E-state index is 13.2. The van der Waals surface area contributed by atoms with Crippen LogP contribution in [0, 0.1) is 0 Å². The molecular formula is C26H29NO6S. The summed E-state index contributed by atoms with van der Waals surface area (Å²) in [6.07, 6.45) is 0.260. The first-order valence-electron chi connectivity index (χ1n) is 11.5. The van der Waals surface area contributed by atoms with E-state index in [2.05, 4.69) is 13.8 Å². The number of sulfone groups is 1. The molecule has 2 aromatic carbocycles. The second-order valence-corrected chi connectivity index (χ2v) is 11.3. The fraction of sp³-hybridized carbons (Fsp3) is 0.385. The van der Waals surface area contributed by atoms with E-state index in [0.29, 0.717) is 29.4 Å². The highest BCUT2D eigenvalue weighted by molar-refractivity contribution is 7.91. The van der Waals surface area contributed by atoms with Crippen molar-refractivity contribution in [2.45, 2.75) is 45.2 Å². The Morgan fingerprint density at radius 3 is 2.44 bits per heavy atom. The van der Waals surface area contributed by atoms with Crippen LogP contribution in [0.25, 0.3) is 5.76 Å². The van der Waals surface area contributed by atoms with Gasteiger partial charge in [0.2, 0.25) is 0 Å². The van der Waals surface area contributed by atoms with Crippen LogP contribution in [0.2, 0.25) is 0 Å². The number of ketones is 1. The molecule has 0 radical (unpaired) electrons. The topological polar surface area (TPSA) is 101 Å². The van der Waals surface area contributed by atoms with E-state index in [1.165, 1.54) is 4.90 Å². The lowest BCUT2D eigenvalue weighted by atomic mass is 9.92. The van der Waals surface area contributed by atoms with Gasteiger partial charge >= 0.3 is 0 Å². The van der Waals surface area contributed by atoms with Gasteiger partial charge in [-0.25, -0.2) is 8.42 Å². The molecule has 2 saturated heterocycles. The van der Waals surface area contributed by atoms with Crippen molar-refractivity contribution in [3.05, 3.63) is 70.8 Å². The number of Topliss-reactive ketones (excluding diaryl/α,β-unsaturated/α-hetero) is 1. The fourth-order valence-corrected chi connectivity index (χ4v) is 6.38. The highest BCUT2D eigenvalue weighted by Crippen LogP contribution is 2.42. The molecular weight excluding hydrogens is 454 g/mol. The number of likely N-dealkylation sites (tertiary alicyclic amines) is 1. The summed E-state index contributed by atoms with van der Waals surface area (Å²) in [7, 11) is -3.30. The summed E-state index contributed by atoms with van der Waals surface area (Å²) >= 11 is 0. The number of aliphatic hydroxyl groups is 1. The number of aliphatic hydroxyl groups excluding tert-OH is 1. The molecule has 0 aliphatic carbocycles. The van der Waals surface area contributed by atoms with Gasteiger partial charge in [-0.2, -0.15) is 0 Å². The van der Waals surface area contributed by atoms with Gasteiger partial charge in [0.05, 0.1) is 29.7 Å².